The predicted molar refractivity (Wildman–Crippen MR) is 92.8 cm³/mol. The van der Waals surface area contributed by atoms with E-state index >= 15 is 0 Å². The van der Waals surface area contributed by atoms with Crippen LogP contribution in [0.25, 0.3) is 0 Å². The quantitative estimate of drug-likeness (QED) is 0.894. The van der Waals surface area contributed by atoms with Gasteiger partial charge in [-0.1, -0.05) is 23.7 Å². The molecule has 0 saturated carbocycles. The number of hydrogen-bond acceptors (Lipinski definition) is 2. The first-order valence-corrected chi connectivity index (χ1v) is 8.28. The van der Waals surface area contributed by atoms with E-state index in [-0.39, 0.29) is 18.3 Å². The van der Waals surface area contributed by atoms with Gasteiger partial charge in [-0.2, -0.15) is 0 Å². The van der Waals surface area contributed by atoms with Crippen LogP contribution in [0.15, 0.2) is 24.3 Å². The minimum absolute atomic E-state index is 0. The maximum Gasteiger partial charge on any atom is 0.226 e. The molecule has 2 aliphatic rings. The van der Waals surface area contributed by atoms with Crippen molar-refractivity contribution in [3.8, 4) is 0 Å². The van der Waals surface area contributed by atoms with Crippen molar-refractivity contribution in [1.29, 1.82) is 0 Å². The van der Waals surface area contributed by atoms with Crippen LogP contribution in [0.1, 0.15) is 31.2 Å². The van der Waals surface area contributed by atoms with E-state index in [0.29, 0.717) is 16.9 Å². The predicted octanol–water partition coefficient (Wildman–Crippen LogP) is 3.30. The Kier molecular flexibility index (Phi) is 6.13. The zero-order chi connectivity index (χ0) is 14.7. The number of nitrogens with one attached hydrogen (secondary N) is 1. The maximum absolute atomic E-state index is 12.4. The molecule has 22 heavy (non-hydrogen) atoms. The molecule has 2 saturated heterocycles. The SMILES string of the molecule is Cl.O=C(Cc1cccc(Cl)c1)N1CCC2(CCNCC2)CC1. The molecule has 1 N–H and O–H groups in total. The Balaban J connectivity index is 0.00000176. The average Bonchev–Trinajstić information content (AvgIpc) is 2.49. The fourth-order valence-electron chi connectivity index (χ4n) is 3.62. The molecule has 0 bridgehead atoms. The molecule has 1 spiro atoms. The minimum Gasteiger partial charge on any atom is -0.342 e. The maximum atomic E-state index is 12.4. The van der Waals surface area contributed by atoms with E-state index in [1.165, 1.54) is 12.8 Å². The molecule has 5 heteroatoms. The summed E-state index contributed by atoms with van der Waals surface area (Å²) >= 11 is 5.98. The van der Waals surface area contributed by atoms with Crippen LogP contribution in [0.2, 0.25) is 5.02 Å². The third-order valence-corrected chi connectivity index (χ3v) is 5.32. The van der Waals surface area contributed by atoms with Crippen LogP contribution in [0, 0.1) is 5.41 Å². The Labute approximate surface area is 143 Å². The lowest BCUT2D eigenvalue weighted by atomic mass is 9.71. The van der Waals surface area contributed by atoms with E-state index in [0.717, 1.165) is 44.6 Å². The topological polar surface area (TPSA) is 32.3 Å². The zero-order valence-electron chi connectivity index (χ0n) is 12.8. The second-order valence-electron chi connectivity index (χ2n) is 6.44. The first-order chi connectivity index (χ1) is 10.2. The number of piperidine rings is 2. The number of amides is 1. The van der Waals surface area contributed by atoms with Crippen molar-refractivity contribution in [1.82, 2.24) is 10.2 Å². The highest BCUT2D eigenvalue weighted by molar-refractivity contribution is 6.30. The first kappa shape index (κ1) is 17.6. The van der Waals surface area contributed by atoms with Gasteiger partial charge in [0.15, 0.2) is 0 Å². The van der Waals surface area contributed by atoms with Gasteiger partial charge in [0.2, 0.25) is 5.91 Å². The Hall–Kier alpha value is -0.770. The Bertz CT molecular complexity index is 505. The molecular weight excluding hydrogens is 319 g/mol. The summed E-state index contributed by atoms with van der Waals surface area (Å²) in [6.45, 7) is 4.10. The number of carbonyl (C=O) groups excluding carboxylic acids is 1. The van der Waals surface area contributed by atoms with Crippen molar-refractivity contribution in [2.75, 3.05) is 26.2 Å². The van der Waals surface area contributed by atoms with Gasteiger partial charge < -0.3 is 10.2 Å². The number of likely N-dealkylation sites (tertiary alicyclic amines) is 1. The number of nitrogens with zero attached hydrogens (tertiary/aromatic N) is 1. The molecule has 1 aromatic rings. The molecule has 0 radical (unpaired) electrons. The number of benzene rings is 1. The van der Waals surface area contributed by atoms with Crippen molar-refractivity contribution >= 4 is 29.9 Å². The van der Waals surface area contributed by atoms with Crippen molar-refractivity contribution < 1.29 is 4.79 Å². The van der Waals surface area contributed by atoms with Gasteiger partial charge in [-0.05, 0) is 61.9 Å². The number of halogens is 2. The van der Waals surface area contributed by atoms with Crippen LogP contribution >= 0.6 is 24.0 Å². The number of hydrogen-bond donors (Lipinski definition) is 1. The van der Waals surface area contributed by atoms with Crippen LogP contribution in [-0.4, -0.2) is 37.0 Å². The van der Waals surface area contributed by atoms with Crippen LogP contribution < -0.4 is 5.32 Å². The van der Waals surface area contributed by atoms with Crippen LogP contribution in [0.4, 0.5) is 0 Å². The second-order valence-corrected chi connectivity index (χ2v) is 6.87. The monoisotopic (exact) mass is 342 g/mol. The van der Waals surface area contributed by atoms with Crippen LogP contribution in [0.5, 0.6) is 0 Å². The highest BCUT2D eigenvalue weighted by Crippen LogP contribution is 2.39. The second kappa shape index (κ2) is 7.67. The van der Waals surface area contributed by atoms with E-state index in [1.807, 2.05) is 29.2 Å². The van der Waals surface area contributed by atoms with E-state index in [1.54, 1.807) is 0 Å². The Morgan fingerprint density at radius 2 is 1.86 bits per heavy atom. The summed E-state index contributed by atoms with van der Waals surface area (Å²) in [7, 11) is 0. The largest absolute Gasteiger partial charge is 0.342 e. The highest BCUT2D eigenvalue weighted by atomic mass is 35.5. The third-order valence-electron chi connectivity index (χ3n) is 5.09. The highest BCUT2D eigenvalue weighted by Gasteiger charge is 2.36. The van der Waals surface area contributed by atoms with E-state index < -0.39 is 0 Å². The fraction of sp³-hybridized carbons (Fsp3) is 0.588. The molecule has 2 aliphatic heterocycles. The van der Waals surface area contributed by atoms with Gasteiger partial charge in [-0.25, -0.2) is 0 Å². The van der Waals surface area contributed by atoms with Crippen LogP contribution in [0.3, 0.4) is 0 Å². The van der Waals surface area contributed by atoms with Crippen molar-refractivity contribution in [3.63, 3.8) is 0 Å². The van der Waals surface area contributed by atoms with Crippen molar-refractivity contribution in [2.45, 2.75) is 32.1 Å². The van der Waals surface area contributed by atoms with Gasteiger partial charge in [0.1, 0.15) is 0 Å². The van der Waals surface area contributed by atoms with E-state index in [9.17, 15) is 4.79 Å². The summed E-state index contributed by atoms with van der Waals surface area (Å²) in [5.41, 5.74) is 1.51. The van der Waals surface area contributed by atoms with Gasteiger partial charge in [0.05, 0.1) is 6.42 Å². The third kappa shape index (κ3) is 4.15. The Morgan fingerprint density at radius 1 is 1.18 bits per heavy atom. The molecule has 1 aromatic carbocycles. The minimum atomic E-state index is 0. The molecule has 2 fully saturated rings. The molecule has 0 unspecified atom stereocenters. The summed E-state index contributed by atoms with van der Waals surface area (Å²) in [6, 6.07) is 7.61. The molecule has 0 aromatic heterocycles. The lowest BCUT2D eigenvalue weighted by molar-refractivity contribution is -0.133. The standard InChI is InChI=1S/C17H23ClN2O.ClH/c18-15-3-1-2-14(12-15)13-16(21)20-10-6-17(7-11-20)4-8-19-9-5-17;/h1-3,12,19H,4-11,13H2;1H. The Morgan fingerprint density at radius 3 is 2.50 bits per heavy atom. The van der Waals surface area contributed by atoms with Gasteiger partial charge in [-0.3, -0.25) is 4.79 Å². The normalized spacial score (nSPS) is 20.5. The van der Waals surface area contributed by atoms with Gasteiger partial charge in [0, 0.05) is 18.1 Å². The summed E-state index contributed by atoms with van der Waals surface area (Å²) in [5, 5.41) is 4.14. The molecular formula is C17H24Cl2N2O. The number of rotatable bonds is 2. The molecule has 122 valence electrons. The van der Waals surface area contributed by atoms with E-state index in [4.69, 9.17) is 11.6 Å². The molecule has 3 nitrogen and oxygen atoms in total. The smallest absolute Gasteiger partial charge is 0.226 e. The molecule has 3 rings (SSSR count). The fourth-order valence-corrected chi connectivity index (χ4v) is 3.83. The van der Waals surface area contributed by atoms with Gasteiger partial charge >= 0.3 is 0 Å². The van der Waals surface area contributed by atoms with Crippen molar-refractivity contribution in [3.05, 3.63) is 34.9 Å². The summed E-state index contributed by atoms with van der Waals surface area (Å²) in [6.07, 6.45) is 5.33. The van der Waals surface area contributed by atoms with Crippen molar-refractivity contribution in [2.24, 2.45) is 5.41 Å². The van der Waals surface area contributed by atoms with Gasteiger partial charge in [-0.15, -0.1) is 12.4 Å². The molecule has 0 atom stereocenters. The number of carbonyl (C=O) groups is 1. The summed E-state index contributed by atoms with van der Waals surface area (Å²) < 4.78 is 0. The van der Waals surface area contributed by atoms with Crippen LogP contribution in [-0.2, 0) is 11.2 Å². The summed E-state index contributed by atoms with van der Waals surface area (Å²) in [4.78, 5) is 14.5. The lowest BCUT2D eigenvalue weighted by Gasteiger charge is -2.44. The molecule has 2 heterocycles. The first-order valence-electron chi connectivity index (χ1n) is 7.90. The zero-order valence-corrected chi connectivity index (χ0v) is 14.4. The lowest BCUT2D eigenvalue weighted by Crippen LogP contribution is -2.47. The van der Waals surface area contributed by atoms with Gasteiger partial charge in [0.25, 0.3) is 0 Å². The molecule has 1 amide bonds. The summed E-state index contributed by atoms with van der Waals surface area (Å²) in [5.74, 6) is 0.237. The van der Waals surface area contributed by atoms with E-state index in [2.05, 4.69) is 5.32 Å². The average molecular weight is 343 g/mol. The molecule has 0 aliphatic carbocycles.